The molecule has 1 aliphatic carbocycles. The van der Waals surface area contributed by atoms with E-state index in [1.165, 1.54) is 13.1 Å². The Morgan fingerprint density at radius 1 is 1.29 bits per heavy atom. The van der Waals surface area contributed by atoms with Crippen LogP contribution in [0.25, 0.3) is 0 Å². The van der Waals surface area contributed by atoms with Gasteiger partial charge >= 0.3 is 6.18 Å². The highest BCUT2D eigenvalue weighted by Gasteiger charge is 2.54. The van der Waals surface area contributed by atoms with Gasteiger partial charge in [0.1, 0.15) is 5.41 Å². The van der Waals surface area contributed by atoms with Gasteiger partial charge in [0.25, 0.3) is 5.91 Å². The number of hydrogen-bond donors (Lipinski definition) is 3. The number of carbonyl (C=O) groups is 2. The molecule has 1 saturated carbocycles. The van der Waals surface area contributed by atoms with Crippen LogP contribution in [-0.4, -0.2) is 46.4 Å². The highest BCUT2D eigenvalue weighted by molar-refractivity contribution is 5.90. The smallest absolute Gasteiger partial charge is 0.376 e. The Kier molecular flexibility index (Phi) is 4.88. The zero-order chi connectivity index (χ0) is 18.1. The topological polar surface area (TPSA) is 104 Å². The molecule has 0 saturated heterocycles. The lowest BCUT2D eigenvalue weighted by atomic mass is 10.0. The molecule has 3 atom stereocenters. The normalized spacial score (nSPS) is 19.9. The molecular weight excluding hydrogens is 331 g/mol. The highest BCUT2D eigenvalue weighted by Crippen LogP contribution is 2.48. The number of hydrogen-bond acceptors (Lipinski definition) is 5. The van der Waals surface area contributed by atoms with Gasteiger partial charge in [0.15, 0.2) is 5.76 Å². The van der Waals surface area contributed by atoms with Crippen LogP contribution in [0.2, 0.25) is 0 Å². The fraction of sp³-hybridized carbons (Fsp3) is 0.643. The van der Waals surface area contributed by atoms with Crippen molar-refractivity contribution in [3.63, 3.8) is 0 Å². The third-order valence-corrected chi connectivity index (χ3v) is 4.13. The zero-order valence-corrected chi connectivity index (χ0v) is 13.1. The fourth-order valence-corrected chi connectivity index (χ4v) is 2.22. The summed E-state index contributed by atoms with van der Waals surface area (Å²) >= 11 is 0. The number of amides is 2. The van der Waals surface area contributed by atoms with Crippen LogP contribution in [0.15, 0.2) is 16.8 Å². The van der Waals surface area contributed by atoms with Crippen LogP contribution in [0.5, 0.6) is 0 Å². The summed E-state index contributed by atoms with van der Waals surface area (Å²) in [4.78, 5) is 23.7. The number of halogens is 3. The minimum absolute atomic E-state index is 0.343. The van der Waals surface area contributed by atoms with Gasteiger partial charge in [-0.2, -0.15) is 13.2 Å². The molecule has 3 unspecified atom stereocenters. The van der Waals surface area contributed by atoms with Gasteiger partial charge in [0, 0.05) is 18.2 Å². The minimum Gasteiger partial charge on any atom is -0.376 e. The van der Waals surface area contributed by atoms with Crippen molar-refractivity contribution in [2.45, 2.75) is 56.5 Å². The van der Waals surface area contributed by atoms with E-state index in [0.29, 0.717) is 18.6 Å². The van der Waals surface area contributed by atoms with Crippen molar-refractivity contribution in [3.8, 4) is 0 Å². The first-order valence-corrected chi connectivity index (χ1v) is 7.35. The molecule has 0 aromatic carbocycles. The summed E-state index contributed by atoms with van der Waals surface area (Å²) in [7, 11) is 0. The molecule has 10 heteroatoms. The maximum atomic E-state index is 12.4. The predicted molar refractivity (Wildman–Crippen MR) is 74.7 cm³/mol. The van der Waals surface area contributed by atoms with Crippen LogP contribution < -0.4 is 10.6 Å². The first-order chi connectivity index (χ1) is 11.1. The molecule has 1 aromatic heterocycles. The second-order valence-electron chi connectivity index (χ2n) is 5.96. The molecule has 134 valence electrons. The summed E-state index contributed by atoms with van der Waals surface area (Å²) in [6, 6.07) is 0.119. The van der Waals surface area contributed by atoms with Crippen LogP contribution in [0, 0.1) is 0 Å². The van der Waals surface area contributed by atoms with E-state index in [4.69, 9.17) is 9.63 Å². The van der Waals surface area contributed by atoms with Gasteiger partial charge in [-0.25, -0.2) is 0 Å². The first-order valence-electron chi connectivity index (χ1n) is 7.35. The summed E-state index contributed by atoms with van der Waals surface area (Å²) in [6.45, 7) is 2.97. The van der Waals surface area contributed by atoms with Crippen LogP contribution in [0.3, 0.4) is 0 Å². The Bertz CT molecular complexity index is 599. The largest absolute Gasteiger partial charge is 0.423 e. The van der Waals surface area contributed by atoms with E-state index in [-0.39, 0.29) is 5.91 Å². The van der Waals surface area contributed by atoms with Crippen molar-refractivity contribution < 1.29 is 32.4 Å². The van der Waals surface area contributed by atoms with E-state index in [1.807, 2.05) is 5.32 Å². The Hall–Kier alpha value is -2.10. The minimum atomic E-state index is -5.04. The van der Waals surface area contributed by atoms with Gasteiger partial charge in [-0.3, -0.25) is 9.59 Å². The molecule has 3 N–H and O–H groups in total. The van der Waals surface area contributed by atoms with E-state index < -0.39 is 35.7 Å². The number of aromatic nitrogens is 1. The Morgan fingerprint density at radius 2 is 1.88 bits per heavy atom. The molecule has 1 fully saturated rings. The van der Waals surface area contributed by atoms with Crippen LogP contribution in [0.4, 0.5) is 13.2 Å². The lowest BCUT2D eigenvalue weighted by Crippen LogP contribution is -2.54. The van der Waals surface area contributed by atoms with Gasteiger partial charge in [-0.15, -0.1) is 0 Å². The summed E-state index contributed by atoms with van der Waals surface area (Å²) in [6.07, 6.45) is -5.57. The molecule has 2 rings (SSSR count). The molecule has 0 aliphatic heterocycles. The number of alkyl halides is 3. The third-order valence-electron chi connectivity index (χ3n) is 4.13. The van der Waals surface area contributed by atoms with Gasteiger partial charge in [0.2, 0.25) is 12.0 Å². The quantitative estimate of drug-likeness (QED) is 0.699. The van der Waals surface area contributed by atoms with Crippen LogP contribution in [-0.2, 0) is 15.0 Å². The van der Waals surface area contributed by atoms with Crippen molar-refractivity contribution in [1.29, 1.82) is 0 Å². The lowest BCUT2D eigenvalue weighted by Gasteiger charge is -2.25. The van der Waals surface area contributed by atoms with Crippen molar-refractivity contribution >= 4 is 11.8 Å². The average molecular weight is 349 g/mol. The zero-order valence-electron chi connectivity index (χ0n) is 13.1. The van der Waals surface area contributed by atoms with Crippen molar-refractivity contribution in [3.05, 3.63) is 18.0 Å². The van der Waals surface area contributed by atoms with Gasteiger partial charge in [0.05, 0.1) is 6.20 Å². The maximum Gasteiger partial charge on any atom is 0.423 e. The molecule has 24 heavy (non-hydrogen) atoms. The monoisotopic (exact) mass is 349 g/mol. The summed E-state index contributed by atoms with van der Waals surface area (Å²) in [5.74, 6) is -1.48. The van der Waals surface area contributed by atoms with Gasteiger partial charge in [-0.1, -0.05) is 5.16 Å². The SMILES string of the molecule is CC(NC(=O)C(O)C(F)(F)F)C(C)NC(=O)C1(c2ccno2)CC1. The van der Waals surface area contributed by atoms with E-state index in [9.17, 15) is 22.8 Å². The van der Waals surface area contributed by atoms with Gasteiger partial charge < -0.3 is 20.3 Å². The Morgan fingerprint density at radius 3 is 2.33 bits per heavy atom. The average Bonchev–Trinajstić information content (AvgIpc) is 3.12. The number of rotatable bonds is 6. The molecule has 0 bridgehead atoms. The van der Waals surface area contributed by atoms with Crippen LogP contribution >= 0.6 is 0 Å². The Balaban J connectivity index is 1.91. The summed E-state index contributed by atoms with van der Waals surface area (Å²) in [5.41, 5.74) is -0.806. The van der Waals surface area contributed by atoms with E-state index >= 15 is 0 Å². The van der Waals surface area contributed by atoms with E-state index in [0.717, 1.165) is 0 Å². The van der Waals surface area contributed by atoms with Gasteiger partial charge in [-0.05, 0) is 26.7 Å². The number of aliphatic hydroxyl groups is 1. The first kappa shape index (κ1) is 18.2. The molecule has 1 aromatic rings. The number of nitrogens with one attached hydrogen (secondary N) is 2. The molecule has 0 radical (unpaired) electrons. The van der Waals surface area contributed by atoms with E-state index in [1.54, 1.807) is 13.0 Å². The standard InChI is InChI=1S/C14H18F3N3O4/c1-7(19-11(22)10(21)14(15,16)17)8(2)20-12(23)13(4-5-13)9-3-6-18-24-9/h3,6-8,10,21H,4-5H2,1-2H3,(H,19,22)(H,20,23). The Labute approximate surface area is 135 Å². The second kappa shape index (κ2) is 6.42. The predicted octanol–water partition coefficient (Wildman–Crippen LogP) is 0.639. The molecule has 2 amide bonds. The van der Waals surface area contributed by atoms with E-state index in [2.05, 4.69) is 10.5 Å². The third kappa shape index (κ3) is 3.69. The molecule has 1 heterocycles. The second-order valence-corrected chi connectivity index (χ2v) is 5.96. The highest BCUT2D eigenvalue weighted by atomic mass is 19.4. The summed E-state index contributed by atoms with van der Waals surface area (Å²) < 4.78 is 41.9. The molecular formula is C14H18F3N3O4. The number of carbonyl (C=O) groups excluding carboxylic acids is 2. The maximum absolute atomic E-state index is 12.4. The number of nitrogens with zero attached hydrogens (tertiary/aromatic N) is 1. The van der Waals surface area contributed by atoms with Crippen molar-refractivity contribution in [2.75, 3.05) is 0 Å². The van der Waals surface area contributed by atoms with Crippen molar-refractivity contribution in [2.24, 2.45) is 0 Å². The van der Waals surface area contributed by atoms with Crippen LogP contribution in [0.1, 0.15) is 32.4 Å². The molecule has 7 nitrogen and oxygen atoms in total. The van der Waals surface area contributed by atoms with Crippen molar-refractivity contribution in [1.82, 2.24) is 15.8 Å². The number of aliphatic hydroxyl groups excluding tert-OH is 1. The molecule has 0 spiro atoms. The fourth-order valence-electron chi connectivity index (χ4n) is 2.22. The lowest BCUT2D eigenvalue weighted by molar-refractivity contribution is -0.205. The summed E-state index contributed by atoms with van der Waals surface area (Å²) in [5, 5.41) is 17.1. The molecule has 1 aliphatic rings.